The summed E-state index contributed by atoms with van der Waals surface area (Å²) in [6, 6.07) is 14.5. The summed E-state index contributed by atoms with van der Waals surface area (Å²) >= 11 is 3.50. The van der Waals surface area contributed by atoms with Gasteiger partial charge in [0.2, 0.25) is 0 Å². The molecule has 0 saturated heterocycles. The van der Waals surface area contributed by atoms with Crippen molar-refractivity contribution in [2.45, 2.75) is 39.5 Å². The van der Waals surface area contributed by atoms with Crippen molar-refractivity contribution < 1.29 is 0 Å². The topological polar surface area (TPSA) is 12.0 Å². The van der Waals surface area contributed by atoms with Crippen LogP contribution in [0.15, 0.2) is 46.9 Å². The van der Waals surface area contributed by atoms with Crippen molar-refractivity contribution in [1.82, 2.24) is 5.32 Å². The molecule has 0 aliphatic rings. The van der Waals surface area contributed by atoms with Gasteiger partial charge in [0.1, 0.15) is 0 Å². The largest absolute Gasteiger partial charge is 0.317 e. The number of hydrogen-bond donors (Lipinski definition) is 1. The Morgan fingerprint density at radius 3 is 2.05 bits per heavy atom. The van der Waals surface area contributed by atoms with Gasteiger partial charge in [-0.3, -0.25) is 0 Å². The maximum Gasteiger partial charge on any atom is 0.0253 e. The highest BCUT2D eigenvalue weighted by Crippen LogP contribution is 2.22. The summed E-state index contributed by atoms with van der Waals surface area (Å²) in [6.07, 6.45) is 5.26. The summed E-state index contributed by atoms with van der Waals surface area (Å²) in [4.78, 5) is 0. The van der Waals surface area contributed by atoms with Crippen LogP contribution in [0.25, 0.3) is 10.8 Å². The molecule has 0 unspecified atom stereocenters. The van der Waals surface area contributed by atoms with Gasteiger partial charge in [-0.15, -0.1) is 0 Å². The van der Waals surface area contributed by atoms with Crippen LogP contribution < -0.4 is 5.32 Å². The first-order valence-electron chi connectivity index (χ1n) is 7.63. The molecule has 0 amide bonds. The number of fused-ring (bicyclic) bond motifs is 1. The Kier molecular flexibility index (Phi) is 9.35. The molecule has 110 valence electrons. The van der Waals surface area contributed by atoms with Gasteiger partial charge >= 0.3 is 0 Å². The van der Waals surface area contributed by atoms with E-state index >= 15 is 0 Å². The van der Waals surface area contributed by atoms with Crippen LogP contribution in [0.1, 0.15) is 39.5 Å². The lowest BCUT2D eigenvalue weighted by molar-refractivity contribution is 0.611. The zero-order valence-corrected chi connectivity index (χ0v) is 14.2. The van der Waals surface area contributed by atoms with Gasteiger partial charge in [0, 0.05) is 4.47 Å². The summed E-state index contributed by atoms with van der Waals surface area (Å²) < 4.78 is 1.16. The predicted octanol–water partition coefficient (Wildman–Crippen LogP) is 5.78. The Morgan fingerprint density at radius 1 is 0.850 bits per heavy atom. The molecule has 0 spiro atoms. The molecular formula is C18H26BrN. The summed E-state index contributed by atoms with van der Waals surface area (Å²) in [6.45, 7) is 6.86. The van der Waals surface area contributed by atoms with E-state index in [0.29, 0.717) is 0 Å². The zero-order valence-electron chi connectivity index (χ0n) is 12.7. The number of unbranched alkanes of at least 4 members (excludes halogenated alkanes) is 2. The van der Waals surface area contributed by atoms with E-state index in [1.165, 1.54) is 49.5 Å². The van der Waals surface area contributed by atoms with E-state index in [-0.39, 0.29) is 0 Å². The number of halogens is 1. The average Bonchev–Trinajstić information content (AvgIpc) is 2.49. The van der Waals surface area contributed by atoms with Crippen molar-refractivity contribution in [3.8, 4) is 0 Å². The lowest BCUT2D eigenvalue weighted by atomic mass is 10.1. The second kappa shape index (κ2) is 10.9. The number of hydrogen-bond acceptors (Lipinski definition) is 1. The van der Waals surface area contributed by atoms with Crippen LogP contribution in [0.5, 0.6) is 0 Å². The molecule has 2 rings (SSSR count). The standard InChI is InChI=1S/C10H7Br.C8H19N/c11-10-7-3-5-8-4-1-2-6-9(8)10;1-3-5-7-9-8-6-4-2/h1-7H;9H,3-8H2,1-2H3. The fraction of sp³-hybridized carbons (Fsp3) is 0.444. The Balaban J connectivity index is 0.000000206. The van der Waals surface area contributed by atoms with Gasteiger partial charge in [-0.1, -0.05) is 79.0 Å². The van der Waals surface area contributed by atoms with Crippen LogP contribution >= 0.6 is 15.9 Å². The van der Waals surface area contributed by atoms with E-state index in [1.807, 2.05) is 12.1 Å². The van der Waals surface area contributed by atoms with Gasteiger partial charge in [0.25, 0.3) is 0 Å². The molecule has 1 nitrogen and oxygen atoms in total. The number of benzene rings is 2. The van der Waals surface area contributed by atoms with E-state index < -0.39 is 0 Å². The minimum Gasteiger partial charge on any atom is -0.317 e. The highest BCUT2D eigenvalue weighted by atomic mass is 79.9. The number of nitrogens with one attached hydrogen (secondary N) is 1. The van der Waals surface area contributed by atoms with Crippen molar-refractivity contribution in [3.63, 3.8) is 0 Å². The van der Waals surface area contributed by atoms with Crippen LogP contribution in [0.4, 0.5) is 0 Å². The summed E-state index contributed by atoms with van der Waals surface area (Å²) in [5.74, 6) is 0. The molecule has 0 atom stereocenters. The lowest BCUT2D eigenvalue weighted by Gasteiger charge is -1.99. The Hall–Kier alpha value is -0.860. The minimum atomic E-state index is 1.16. The highest BCUT2D eigenvalue weighted by Gasteiger charge is 1.93. The maximum absolute atomic E-state index is 3.50. The van der Waals surface area contributed by atoms with Gasteiger partial charge in [-0.2, -0.15) is 0 Å². The fourth-order valence-electron chi connectivity index (χ4n) is 1.91. The molecule has 0 aliphatic heterocycles. The van der Waals surface area contributed by atoms with Crippen molar-refractivity contribution >= 4 is 26.7 Å². The normalized spacial score (nSPS) is 10.2. The number of rotatable bonds is 6. The summed E-state index contributed by atoms with van der Waals surface area (Å²) in [7, 11) is 0. The molecule has 2 aromatic rings. The van der Waals surface area contributed by atoms with Gasteiger partial charge in [0.15, 0.2) is 0 Å². The third-order valence-electron chi connectivity index (χ3n) is 3.15. The Morgan fingerprint density at radius 2 is 1.45 bits per heavy atom. The molecule has 0 aliphatic carbocycles. The highest BCUT2D eigenvalue weighted by molar-refractivity contribution is 9.10. The van der Waals surface area contributed by atoms with Gasteiger partial charge in [-0.05, 0) is 42.8 Å². The van der Waals surface area contributed by atoms with Crippen LogP contribution in [-0.4, -0.2) is 13.1 Å². The third kappa shape index (κ3) is 6.53. The second-order valence-electron chi connectivity index (χ2n) is 4.92. The Bertz CT molecular complexity index is 470. The van der Waals surface area contributed by atoms with Gasteiger partial charge in [0.05, 0.1) is 0 Å². The molecule has 20 heavy (non-hydrogen) atoms. The van der Waals surface area contributed by atoms with E-state index in [4.69, 9.17) is 0 Å². The van der Waals surface area contributed by atoms with Gasteiger partial charge < -0.3 is 5.32 Å². The van der Waals surface area contributed by atoms with E-state index in [2.05, 4.69) is 65.4 Å². The molecule has 0 aromatic heterocycles. The molecule has 0 fully saturated rings. The van der Waals surface area contributed by atoms with E-state index in [0.717, 1.165) is 4.47 Å². The van der Waals surface area contributed by atoms with Crippen molar-refractivity contribution in [2.24, 2.45) is 0 Å². The summed E-state index contributed by atoms with van der Waals surface area (Å²) in [5, 5.41) is 5.94. The van der Waals surface area contributed by atoms with E-state index in [9.17, 15) is 0 Å². The van der Waals surface area contributed by atoms with Crippen LogP contribution in [-0.2, 0) is 0 Å². The fourth-order valence-corrected chi connectivity index (χ4v) is 2.43. The minimum absolute atomic E-state index is 1.16. The smallest absolute Gasteiger partial charge is 0.0253 e. The molecule has 1 N–H and O–H groups in total. The first kappa shape index (κ1) is 17.2. The van der Waals surface area contributed by atoms with Gasteiger partial charge in [-0.25, -0.2) is 0 Å². The van der Waals surface area contributed by atoms with E-state index in [1.54, 1.807) is 0 Å². The molecule has 0 heterocycles. The SMILES string of the molecule is Brc1cccc2ccccc12.CCCCNCCCC. The van der Waals surface area contributed by atoms with Crippen LogP contribution in [0, 0.1) is 0 Å². The molecule has 0 saturated carbocycles. The molecule has 0 bridgehead atoms. The quantitative estimate of drug-likeness (QED) is 0.660. The van der Waals surface area contributed by atoms with Crippen LogP contribution in [0.2, 0.25) is 0 Å². The monoisotopic (exact) mass is 335 g/mol. The van der Waals surface area contributed by atoms with Crippen molar-refractivity contribution in [1.29, 1.82) is 0 Å². The first-order valence-corrected chi connectivity index (χ1v) is 8.42. The zero-order chi connectivity index (χ0) is 14.6. The Labute approximate surface area is 131 Å². The van der Waals surface area contributed by atoms with Crippen LogP contribution in [0.3, 0.4) is 0 Å². The lowest BCUT2D eigenvalue weighted by Crippen LogP contribution is -2.15. The molecular weight excluding hydrogens is 310 g/mol. The molecule has 2 aromatic carbocycles. The third-order valence-corrected chi connectivity index (χ3v) is 3.84. The predicted molar refractivity (Wildman–Crippen MR) is 94.3 cm³/mol. The molecule has 0 radical (unpaired) electrons. The second-order valence-corrected chi connectivity index (χ2v) is 5.77. The average molecular weight is 336 g/mol. The van der Waals surface area contributed by atoms with Crippen molar-refractivity contribution in [3.05, 3.63) is 46.9 Å². The van der Waals surface area contributed by atoms with Crippen molar-refractivity contribution in [2.75, 3.05) is 13.1 Å². The summed E-state index contributed by atoms with van der Waals surface area (Å²) in [5.41, 5.74) is 0. The maximum atomic E-state index is 3.50. The molecule has 2 heteroatoms. The first-order chi connectivity index (χ1) is 9.79.